The second kappa shape index (κ2) is 6.89. The molecule has 0 spiro atoms. The van der Waals surface area contributed by atoms with Crippen LogP contribution in [0.4, 0.5) is 0 Å². The van der Waals surface area contributed by atoms with Crippen LogP contribution >= 0.6 is 0 Å². The molecule has 0 aliphatic heterocycles. The number of carbonyl (C=O) groups is 1. The number of rotatable bonds is 6. The third-order valence-corrected chi connectivity index (χ3v) is 2.68. The fraction of sp³-hybridized carbons (Fsp3) is 0.400. The molecule has 92 valence electrons. The highest BCUT2D eigenvalue weighted by molar-refractivity contribution is 5.86. The van der Waals surface area contributed by atoms with Crippen LogP contribution in [0, 0.1) is 6.92 Å². The molecular formula is C15H20O2. The number of esters is 1. The van der Waals surface area contributed by atoms with Crippen LogP contribution in [-0.2, 0) is 16.0 Å². The van der Waals surface area contributed by atoms with E-state index in [0.29, 0.717) is 12.2 Å². The summed E-state index contributed by atoms with van der Waals surface area (Å²) in [6, 6.07) is 8.38. The van der Waals surface area contributed by atoms with E-state index < -0.39 is 0 Å². The van der Waals surface area contributed by atoms with E-state index in [1.807, 2.05) is 6.07 Å². The molecule has 2 heteroatoms. The van der Waals surface area contributed by atoms with E-state index in [-0.39, 0.29) is 5.97 Å². The zero-order chi connectivity index (χ0) is 12.7. The van der Waals surface area contributed by atoms with Crippen molar-refractivity contribution in [2.75, 3.05) is 6.61 Å². The zero-order valence-corrected chi connectivity index (χ0v) is 10.7. The van der Waals surface area contributed by atoms with Crippen LogP contribution in [0.1, 0.15) is 30.9 Å². The van der Waals surface area contributed by atoms with Crippen LogP contribution < -0.4 is 0 Å². The standard InChI is InChI=1S/C15H20O2/c1-12(2)15(16)17-11-7-6-10-14-9-5-4-8-13(14)3/h4-5,8-9H,1,6-7,10-11H2,2-3H3. The first-order chi connectivity index (χ1) is 8.11. The molecule has 0 aliphatic carbocycles. The molecule has 0 fully saturated rings. The van der Waals surface area contributed by atoms with Crippen LogP contribution in [0.15, 0.2) is 36.4 Å². The largest absolute Gasteiger partial charge is 0.462 e. The summed E-state index contributed by atoms with van der Waals surface area (Å²) in [5, 5.41) is 0. The quantitative estimate of drug-likeness (QED) is 0.426. The molecule has 1 aromatic carbocycles. The lowest BCUT2D eigenvalue weighted by molar-refractivity contribution is -0.139. The molecule has 1 rings (SSSR count). The van der Waals surface area contributed by atoms with Gasteiger partial charge in [-0.1, -0.05) is 30.8 Å². The normalized spacial score (nSPS) is 10.0. The van der Waals surface area contributed by atoms with E-state index in [4.69, 9.17) is 4.74 Å². The Morgan fingerprint density at radius 1 is 1.29 bits per heavy atom. The van der Waals surface area contributed by atoms with Gasteiger partial charge in [0.15, 0.2) is 0 Å². The van der Waals surface area contributed by atoms with E-state index >= 15 is 0 Å². The lowest BCUT2D eigenvalue weighted by atomic mass is 10.0. The smallest absolute Gasteiger partial charge is 0.333 e. The molecule has 0 radical (unpaired) electrons. The van der Waals surface area contributed by atoms with Crippen molar-refractivity contribution in [2.45, 2.75) is 33.1 Å². The van der Waals surface area contributed by atoms with E-state index in [0.717, 1.165) is 19.3 Å². The third kappa shape index (κ3) is 4.85. The maximum absolute atomic E-state index is 11.1. The maximum Gasteiger partial charge on any atom is 0.333 e. The molecule has 0 aromatic heterocycles. The predicted octanol–water partition coefficient (Wildman–Crippen LogP) is 3.44. The van der Waals surface area contributed by atoms with Gasteiger partial charge >= 0.3 is 5.97 Å². The summed E-state index contributed by atoms with van der Waals surface area (Å²) in [5.41, 5.74) is 3.16. The van der Waals surface area contributed by atoms with Crippen LogP contribution in [-0.4, -0.2) is 12.6 Å². The van der Waals surface area contributed by atoms with Crippen LogP contribution in [0.3, 0.4) is 0 Å². The van der Waals surface area contributed by atoms with Crippen molar-refractivity contribution in [1.29, 1.82) is 0 Å². The maximum atomic E-state index is 11.1. The van der Waals surface area contributed by atoms with E-state index in [1.54, 1.807) is 6.92 Å². The Morgan fingerprint density at radius 2 is 2.00 bits per heavy atom. The van der Waals surface area contributed by atoms with E-state index in [9.17, 15) is 4.79 Å². The molecule has 0 unspecified atom stereocenters. The minimum atomic E-state index is -0.291. The molecule has 17 heavy (non-hydrogen) atoms. The number of carbonyl (C=O) groups excluding carboxylic acids is 1. The van der Waals surface area contributed by atoms with Gasteiger partial charge in [0, 0.05) is 5.57 Å². The van der Waals surface area contributed by atoms with Gasteiger partial charge < -0.3 is 4.74 Å². The Balaban J connectivity index is 2.19. The second-order valence-corrected chi connectivity index (χ2v) is 4.30. The summed E-state index contributed by atoms with van der Waals surface area (Å²) in [5.74, 6) is -0.291. The van der Waals surface area contributed by atoms with Crippen molar-refractivity contribution >= 4 is 5.97 Å². The molecule has 0 bridgehead atoms. The molecule has 0 N–H and O–H groups in total. The van der Waals surface area contributed by atoms with Crippen molar-refractivity contribution in [3.8, 4) is 0 Å². The fourth-order valence-electron chi connectivity index (χ4n) is 1.60. The second-order valence-electron chi connectivity index (χ2n) is 4.30. The Labute approximate surface area is 103 Å². The van der Waals surface area contributed by atoms with Crippen molar-refractivity contribution in [1.82, 2.24) is 0 Å². The number of hydrogen-bond donors (Lipinski definition) is 0. The Morgan fingerprint density at radius 3 is 2.65 bits per heavy atom. The van der Waals surface area contributed by atoms with Crippen LogP contribution in [0.2, 0.25) is 0 Å². The number of benzene rings is 1. The summed E-state index contributed by atoms with van der Waals surface area (Å²) in [6.07, 6.45) is 2.97. The van der Waals surface area contributed by atoms with Gasteiger partial charge in [-0.15, -0.1) is 0 Å². The summed E-state index contributed by atoms with van der Waals surface area (Å²) >= 11 is 0. The third-order valence-electron chi connectivity index (χ3n) is 2.68. The van der Waals surface area contributed by atoms with Gasteiger partial charge in [0.05, 0.1) is 6.61 Å². The molecule has 2 nitrogen and oxygen atoms in total. The fourth-order valence-corrected chi connectivity index (χ4v) is 1.60. The molecule has 0 atom stereocenters. The minimum Gasteiger partial charge on any atom is -0.462 e. The summed E-state index contributed by atoms with van der Waals surface area (Å²) in [7, 11) is 0. The Bertz CT molecular complexity index is 394. The van der Waals surface area contributed by atoms with Gasteiger partial charge in [-0.2, -0.15) is 0 Å². The van der Waals surface area contributed by atoms with Crippen molar-refractivity contribution in [2.24, 2.45) is 0 Å². The average Bonchev–Trinajstić information content (AvgIpc) is 2.30. The Hall–Kier alpha value is -1.57. The van der Waals surface area contributed by atoms with Gasteiger partial charge in [0.1, 0.15) is 0 Å². The molecule has 0 saturated heterocycles. The highest BCUT2D eigenvalue weighted by Crippen LogP contribution is 2.10. The van der Waals surface area contributed by atoms with Crippen LogP contribution in [0.25, 0.3) is 0 Å². The summed E-state index contributed by atoms with van der Waals surface area (Å²) in [4.78, 5) is 11.1. The molecule has 0 heterocycles. The van der Waals surface area contributed by atoms with Gasteiger partial charge in [-0.3, -0.25) is 0 Å². The summed E-state index contributed by atoms with van der Waals surface area (Å²) < 4.78 is 5.03. The molecule has 0 aliphatic rings. The summed E-state index contributed by atoms with van der Waals surface area (Å²) in [6.45, 7) is 7.81. The van der Waals surface area contributed by atoms with Crippen molar-refractivity contribution < 1.29 is 9.53 Å². The van der Waals surface area contributed by atoms with Gasteiger partial charge in [0.25, 0.3) is 0 Å². The minimum absolute atomic E-state index is 0.291. The van der Waals surface area contributed by atoms with E-state index in [2.05, 4.69) is 31.7 Å². The monoisotopic (exact) mass is 232 g/mol. The first kappa shape index (κ1) is 13.5. The number of unbranched alkanes of at least 4 members (excludes halogenated alkanes) is 1. The highest BCUT2D eigenvalue weighted by atomic mass is 16.5. The lowest BCUT2D eigenvalue weighted by Crippen LogP contribution is -2.06. The number of hydrogen-bond acceptors (Lipinski definition) is 2. The topological polar surface area (TPSA) is 26.3 Å². The van der Waals surface area contributed by atoms with E-state index in [1.165, 1.54) is 11.1 Å². The molecule has 1 aromatic rings. The number of ether oxygens (including phenoxy) is 1. The van der Waals surface area contributed by atoms with Gasteiger partial charge in [-0.25, -0.2) is 4.79 Å². The molecule has 0 amide bonds. The van der Waals surface area contributed by atoms with Crippen LogP contribution in [0.5, 0.6) is 0 Å². The predicted molar refractivity (Wildman–Crippen MR) is 69.9 cm³/mol. The van der Waals surface area contributed by atoms with Crippen molar-refractivity contribution in [3.63, 3.8) is 0 Å². The molecule has 0 saturated carbocycles. The first-order valence-corrected chi connectivity index (χ1v) is 5.98. The lowest BCUT2D eigenvalue weighted by Gasteiger charge is -2.06. The van der Waals surface area contributed by atoms with Gasteiger partial charge in [0.2, 0.25) is 0 Å². The SMILES string of the molecule is C=C(C)C(=O)OCCCCc1ccccc1C. The van der Waals surface area contributed by atoms with Gasteiger partial charge in [-0.05, 0) is 44.2 Å². The average molecular weight is 232 g/mol. The highest BCUT2D eigenvalue weighted by Gasteiger charge is 2.02. The Kier molecular flexibility index (Phi) is 5.47. The first-order valence-electron chi connectivity index (χ1n) is 5.98. The number of aryl methyl sites for hydroxylation is 2. The zero-order valence-electron chi connectivity index (χ0n) is 10.7. The van der Waals surface area contributed by atoms with Crippen molar-refractivity contribution in [3.05, 3.63) is 47.5 Å². The molecular weight excluding hydrogens is 212 g/mol.